The van der Waals surface area contributed by atoms with Crippen molar-refractivity contribution < 1.29 is 14.4 Å². The molecule has 0 bridgehead atoms. The Morgan fingerprint density at radius 1 is 0.900 bits per heavy atom. The summed E-state index contributed by atoms with van der Waals surface area (Å²) in [7, 11) is 0. The molecule has 20 heavy (non-hydrogen) atoms. The molecule has 4 amide bonds. The Hall–Kier alpha value is -2.37. The SMILES string of the molecule is O=C1CC(=O)N(c2ccc(N3CCCC3)cc2)C(=O)N1. The molecular formula is C14H15N3O3. The van der Waals surface area contributed by atoms with Crippen molar-refractivity contribution in [3.8, 4) is 0 Å². The second kappa shape index (κ2) is 4.96. The zero-order valence-electron chi connectivity index (χ0n) is 11.0. The van der Waals surface area contributed by atoms with E-state index >= 15 is 0 Å². The Bertz CT molecular complexity index is 542. The van der Waals surface area contributed by atoms with Crippen molar-refractivity contribution >= 4 is 29.2 Å². The van der Waals surface area contributed by atoms with Gasteiger partial charge in [0.1, 0.15) is 6.42 Å². The highest BCUT2D eigenvalue weighted by Crippen LogP contribution is 2.25. The third kappa shape index (κ3) is 2.24. The maximum absolute atomic E-state index is 11.8. The van der Waals surface area contributed by atoms with Gasteiger partial charge < -0.3 is 4.90 Å². The molecule has 1 aromatic carbocycles. The minimum atomic E-state index is -0.680. The van der Waals surface area contributed by atoms with E-state index in [0.717, 1.165) is 23.7 Å². The van der Waals surface area contributed by atoms with Gasteiger partial charge in [0, 0.05) is 18.8 Å². The summed E-state index contributed by atoms with van der Waals surface area (Å²) in [5, 5.41) is 2.14. The largest absolute Gasteiger partial charge is 0.372 e. The Balaban J connectivity index is 1.81. The summed E-state index contributed by atoms with van der Waals surface area (Å²) in [5.74, 6) is -1.04. The second-order valence-electron chi connectivity index (χ2n) is 4.97. The Kier molecular flexibility index (Phi) is 3.14. The first-order valence-corrected chi connectivity index (χ1v) is 6.67. The van der Waals surface area contributed by atoms with Gasteiger partial charge in [0.25, 0.3) is 0 Å². The molecule has 2 saturated heterocycles. The summed E-state index contributed by atoms with van der Waals surface area (Å²) >= 11 is 0. The van der Waals surface area contributed by atoms with Gasteiger partial charge in [-0.3, -0.25) is 14.9 Å². The highest BCUT2D eigenvalue weighted by molar-refractivity contribution is 6.26. The van der Waals surface area contributed by atoms with Gasteiger partial charge in [-0.25, -0.2) is 9.69 Å². The van der Waals surface area contributed by atoms with Crippen molar-refractivity contribution in [2.24, 2.45) is 0 Å². The quantitative estimate of drug-likeness (QED) is 0.824. The average Bonchev–Trinajstić information content (AvgIpc) is 2.92. The van der Waals surface area contributed by atoms with Crippen molar-refractivity contribution in [3.63, 3.8) is 0 Å². The molecule has 0 atom stereocenters. The van der Waals surface area contributed by atoms with Crippen LogP contribution in [0, 0.1) is 0 Å². The number of nitrogens with zero attached hydrogens (tertiary/aromatic N) is 2. The van der Waals surface area contributed by atoms with Crippen LogP contribution >= 0.6 is 0 Å². The Morgan fingerprint density at radius 2 is 1.50 bits per heavy atom. The van der Waals surface area contributed by atoms with Crippen molar-refractivity contribution in [1.82, 2.24) is 5.32 Å². The van der Waals surface area contributed by atoms with Crippen LogP contribution in [-0.2, 0) is 9.59 Å². The summed E-state index contributed by atoms with van der Waals surface area (Å²) in [6, 6.07) is 6.59. The molecule has 2 aliphatic rings. The summed E-state index contributed by atoms with van der Waals surface area (Å²) in [4.78, 5) is 37.9. The molecule has 2 heterocycles. The zero-order chi connectivity index (χ0) is 14.1. The molecule has 2 aliphatic heterocycles. The van der Waals surface area contributed by atoms with Gasteiger partial charge in [-0.15, -0.1) is 0 Å². The summed E-state index contributed by atoms with van der Waals surface area (Å²) < 4.78 is 0. The molecule has 0 spiro atoms. The first-order chi connectivity index (χ1) is 9.65. The molecule has 2 fully saturated rings. The molecule has 0 radical (unpaired) electrons. The molecule has 1 aromatic rings. The van der Waals surface area contributed by atoms with E-state index < -0.39 is 17.8 Å². The number of amides is 4. The van der Waals surface area contributed by atoms with Gasteiger partial charge >= 0.3 is 6.03 Å². The third-order valence-electron chi connectivity index (χ3n) is 3.59. The van der Waals surface area contributed by atoms with E-state index in [-0.39, 0.29) is 6.42 Å². The zero-order valence-corrected chi connectivity index (χ0v) is 11.0. The minimum Gasteiger partial charge on any atom is -0.372 e. The van der Waals surface area contributed by atoms with Gasteiger partial charge in [0.2, 0.25) is 11.8 Å². The van der Waals surface area contributed by atoms with E-state index in [2.05, 4.69) is 10.2 Å². The average molecular weight is 273 g/mol. The van der Waals surface area contributed by atoms with Gasteiger partial charge in [-0.05, 0) is 37.1 Å². The van der Waals surface area contributed by atoms with Crippen LogP contribution in [0.25, 0.3) is 0 Å². The molecule has 3 rings (SSSR count). The molecule has 1 N–H and O–H groups in total. The van der Waals surface area contributed by atoms with Crippen LogP contribution < -0.4 is 15.1 Å². The molecule has 6 heteroatoms. The lowest BCUT2D eigenvalue weighted by Gasteiger charge is -2.25. The number of rotatable bonds is 2. The van der Waals surface area contributed by atoms with Gasteiger partial charge in [-0.1, -0.05) is 0 Å². The van der Waals surface area contributed by atoms with E-state index in [1.165, 1.54) is 12.8 Å². The lowest BCUT2D eigenvalue weighted by molar-refractivity contribution is -0.128. The fraction of sp³-hybridized carbons (Fsp3) is 0.357. The first-order valence-electron chi connectivity index (χ1n) is 6.67. The van der Waals surface area contributed by atoms with E-state index in [1.807, 2.05) is 12.1 Å². The number of carbonyl (C=O) groups excluding carboxylic acids is 3. The number of imide groups is 2. The smallest absolute Gasteiger partial charge is 0.335 e. The fourth-order valence-corrected chi connectivity index (χ4v) is 2.60. The second-order valence-corrected chi connectivity index (χ2v) is 4.97. The number of urea groups is 1. The van der Waals surface area contributed by atoms with Crippen LogP contribution in [0.1, 0.15) is 19.3 Å². The lowest BCUT2D eigenvalue weighted by Crippen LogP contribution is -2.52. The van der Waals surface area contributed by atoms with E-state index in [0.29, 0.717) is 5.69 Å². The standard InChI is InChI=1S/C14H15N3O3/c18-12-9-13(19)17(14(20)15-12)11-5-3-10(4-6-11)16-7-1-2-8-16/h3-6H,1-2,7-9H2,(H,15,18,20). The number of nitrogens with one attached hydrogen (secondary N) is 1. The van der Waals surface area contributed by atoms with E-state index in [4.69, 9.17) is 0 Å². The predicted octanol–water partition coefficient (Wildman–Crippen LogP) is 1.26. The maximum atomic E-state index is 11.8. The molecule has 6 nitrogen and oxygen atoms in total. The van der Waals surface area contributed by atoms with Crippen molar-refractivity contribution in [2.45, 2.75) is 19.3 Å². The van der Waals surface area contributed by atoms with Crippen LogP contribution in [0.15, 0.2) is 24.3 Å². The number of hydrogen-bond donors (Lipinski definition) is 1. The molecule has 0 aromatic heterocycles. The number of hydrogen-bond acceptors (Lipinski definition) is 4. The van der Waals surface area contributed by atoms with Crippen LogP contribution in [-0.4, -0.2) is 30.9 Å². The molecular weight excluding hydrogens is 258 g/mol. The van der Waals surface area contributed by atoms with Crippen LogP contribution in [0.5, 0.6) is 0 Å². The van der Waals surface area contributed by atoms with Crippen LogP contribution in [0.2, 0.25) is 0 Å². The normalized spacial score (nSPS) is 19.5. The maximum Gasteiger partial charge on any atom is 0.335 e. The van der Waals surface area contributed by atoms with Gasteiger partial charge in [0.05, 0.1) is 5.69 Å². The van der Waals surface area contributed by atoms with Crippen molar-refractivity contribution in [2.75, 3.05) is 22.9 Å². The van der Waals surface area contributed by atoms with E-state index in [1.54, 1.807) is 12.1 Å². The topological polar surface area (TPSA) is 69.7 Å². The molecule has 104 valence electrons. The predicted molar refractivity (Wildman–Crippen MR) is 73.5 cm³/mol. The monoisotopic (exact) mass is 273 g/mol. The number of barbiturate groups is 1. The van der Waals surface area contributed by atoms with Crippen LogP contribution in [0.4, 0.5) is 16.2 Å². The van der Waals surface area contributed by atoms with E-state index in [9.17, 15) is 14.4 Å². The van der Waals surface area contributed by atoms with Crippen molar-refractivity contribution in [3.05, 3.63) is 24.3 Å². The number of benzene rings is 1. The summed E-state index contributed by atoms with van der Waals surface area (Å²) in [6.45, 7) is 2.08. The number of anilines is 2. The lowest BCUT2D eigenvalue weighted by atomic mass is 10.2. The van der Waals surface area contributed by atoms with Gasteiger partial charge in [0.15, 0.2) is 0 Å². The molecule has 0 unspecified atom stereocenters. The van der Waals surface area contributed by atoms with Crippen LogP contribution in [0.3, 0.4) is 0 Å². The van der Waals surface area contributed by atoms with Crippen molar-refractivity contribution in [1.29, 1.82) is 0 Å². The minimum absolute atomic E-state index is 0.292. The fourth-order valence-electron chi connectivity index (χ4n) is 2.60. The van der Waals surface area contributed by atoms with Gasteiger partial charge in [-0.2, -0.15) is 0 Å². The highest BCUT2D eigenvalue weighted by Gasteiger charge is 2.31. The first kappa shape index (κ1) is 12.7. The molecule has 0 aliphatic carbocycles. The summed E-state index contributed by atoms with van der Waals surface area (Å²) in [5.41, 5.74) is 1.58. The summed E-state index contributed by atoms with van der Waals surface area (Å²) in [6.07, 6.45) is 2.09. The number of carbonyl (C=O) groups is 3. The Labute approximate surface area is 116 Å². The third-order valence-corrected chi connectivity index (χ3v) is 3.59. The Morgan fingerprint density at radius 3 is 2.10 bits per heavy atom. The highest BCUT2D eigenvalue weighted by atomic mass is 16.2. The molecule has 0 saturated carbocycles.